The van der Waals surface area contributed by atoms with Gasteiger partial charge in [-0.25, -0.2) is 0 Å². The molecular weight excluding hydrogens is 384 g/mol. The van der Waals surface area contributed by atoms with Gasteiger partial charge < -0.3 is 15.3 Å². The molecule has 0 aliphatic carbocycles. The number of hydrogen-bond donors (Lipinski definition) is 3. The van der Waals surface area contributed by atoms with Crippen molar-refractivity contribution in [1.29, 1.82) is 0 Å². The van der Waals surface area contributed by atoms with Crippen LogP contribution in [0.25, 0.3) is 21.5 Å². The van der Waals surface area contributed by atoms with Gasteiger partial charge in [-0.1, -0.05) is 78.9 Å². The first kappa shape index (κ1) is 19.0. The van der Waals surface area contributed by atoms with Crippen molar-refractivity contribution in [2.45, 2.75) is 12.8 Å². The smallest absolute Gasteiger partial charge is 0.122 e. The van der Waals surface area contributed by atoms with E-state index in [2.05, 4.69) is 0 Å². The van der Waals surface area contributed by atoms with E-state index in [1.165, 1.54) is 0 Å². The minimum atomic E-state index is 0.196. The SMILES string of the molecule is Oc1ccc2ccccc2c1Cc1cccc(Cc2c(O)ccc3ccccc23)c1O. The van der Waals surface area contributed by atoms with Gasteiger partial charge in [-0.2, -0.15) is 0 Å². The quantitative estimate of drug-likeness (QED) is 0.329. The molecular formula is C28H22O3. The highest BCUT2D eigenvalue weighted by molar-refractivity contribution is 5.89. The molecule has 31 heavy (non-hydrogen) atoms. The first-order valence-electron chi connectivity index (χ1n) is 10.3. The van der Waals surface area contributed by atoms with E-state index in [1.807, 2.05) is 78.9 Å². The molecule has 5 aromatic carbocycles. The summed E-state index contributed by atoms with van der Waals surface area (Å²) in [5.74, 6) is 0.632. The molecule has 0 saturated heterocycles. The molecule has 5 aromatic rings. The zero-order valence-electron chi connectivity index (χ0n) is 16.9. The molecule has 0 saturated carbocycles. The fraction of sp³-hybridized carbons (Fsp3) is 0.0714. The van der Waals surface area contributed by atoms with E-state index in [9.17, 15) is 15.3 Å². The molecule has 0 heterocycles. The Morgan fingerprint density at radius 2 is 0.903 bits per heavy atom. The number of hydrogen-bond acceptors (Lipinski definition) is 3. The van der Waals surface area contributed by atoms with E-state index in [-0.39, 0.29) is 17.2 Å². The van der Waals surface area contributed by atoms with E-state index >= 15 is 0 Å². The molecule has 0 atom stereocenters. The van der Waals surface area contributed by atoms with Crippen LogP contribution in [-0.4, -0.2) is 15.3 Å². The number of phenols is 3. The molecule has 0 radical (unpaired) electrons. The third kappa shape index (κ3) is 3.44. The second-order valence-corrected chi connectivity index (χ2v) is 7.85. The Morgan fingerprint density at radius 1 is 0.452 bits per heavy atom. The molecule has 0 aliphatic heterocycles. The number of para-hydroxylation sites is 1. The second-order valence-electron chi connectivity index (χ2n) is 7.85. The van der Waals surface area contributed by atoms with Crippen molar-refractivity contribution in [2.75, 3.05) is 0 Å². The molecule has 0 fully saturated rings. The average molecular weight is 406 g/mol. The summed E-state index contributed by atoms with van der Waals surface area (Å²) < 4.78 is 0. The molecule has 0 bridgehead atoms. The van der Waals surface area contributed by atoms with Gasteiger partial charge >= 0.3 is 0 Å². The summed E-state index contributed by atoms with van der Waals surface area (Å²) in [6.45, 7) is 0. The van der Waals surface area contributed by atoms with Crippen molar-refractivity contribution >= 4 is 21.5 Å². The van der Waals surface area contributed by atoms with Crippen LogP contribution in [0, 0.1) is 0 Å². The Hall–Kier alpha value is -3.98. The number of aromatic hydroxyl groups is 3. The third-order valence-corrected chi connectivity index (χ3v) is 5.97. The highest BCUT2D eigenvalue weighted by Crippen LogP contribution is 2.35. The van der Waals surface area contributed by atoms with Gasteiger partial charge in [-0.15, -0.1) is 0 Å². The van der Waals surface area contributed by atoms with Gasteiger partial charge in [-0.05, 0) is 44.8 Å². The van der Waals surface area contributed by atoms with E-state index in [4.69, 9.17) is 0 Å². The average Bonchev–Trinajstić information content (AvgIpc) is 2.80. The predicted molar refractivity (Wildman–Crippen MR) is 125 cm³/mol. The topological polar surface area (TPSA) is 60.7 Å². The zero-order chi connectivity index (χ0) is 21.4. The molecule has 0 spiro atoms. The molecule has 0 unspecified atom stereocenters. The van der Waals surface area contributed by atoms with Crippen LogP contribution in [0.3, 0.4) is 0 Å². The van der Waals surface area contributed by atoms with Crippen LogP contribution in [0.15, 0.2) is 91.0 Å². The van der Waals surface area contributed by atoms with Crippen LogP contribution in [-0.2, 0) is 12.8 Å². The van der Waals surface area contributed by atoms with Crippen molar-refractivity contribution in [3.8, 4) is 17.2 Å². The molecule has 152 valence electrons. The maximum atomic E-state index is 11.1. The molecule has 0 amide bonds. The van der Waals surface area contributed by atoms with E-state index in [0.29, 0.717) is 12.8 Å². The van der Waals surface area contributed by atoms with Gasteiger partial charge in [0.2, 0.25) is 0 Å². The monoisotopic (exact) mass is 406 g/mol. The maximum absolute atomic E-state index is 11.1. The van der Waals surface area contributed by atoms with Crippen molar-refractivity contribution in [3.05, 3.63) is 113 Å². The number of phenolic OH excluding ortho intramolecular Hbond substituents is 3. The summed E-state index contributed by atoms with van der Waals surface area (Å²) in [5.41, 5.74) is 3.06. The second kappa shape index (κ2) is 7.69. The summed E-state index contributed by atoms with van der Waals surface area (Å²) in [7, 11) is 0. The first-order chi connectivity index (χ1) is 15.1. The molecule has 0 aliphatic rings. The first-order valence-corrected chi connectivity index (χ1v) is 10.3. The van der Waals surface area contributed by atoms with Crippen molar-refractivity contribution < 1.29 is 15.3 Å². The van der Waals surface area contributed by atoms with Gasteiger partial charge in [0.05, 0.1) is 0 Å². The number of benzene rings is 5. The third-order valence-electron chi connectivity index (χ3n) is 5.97. The lowest BCUT2D eigenvalue weighted by Crippen LogP contribution is -1.97. The van der Waals surface area contributed by atoms with Gasteiger partial charge in [0, 0.05) is 24.0 Å². The van der Waals surface area contributed by atoms with Crippen molar-refractivity contribution in [2.24, 2.45) is 0 Å². The Morgan fingerprint density at radius 3 is 1.39 bits per heavy atom. The largest absolute Gasteiger partial charge is 0.508 e. The Balaban J connectivity index is 1.56. The summed E-state index contributed by atoms with van der Waals surface area (Å²) in [6.07, 6.45) is 0.822. The van der Waals surface area contributed by atoms with Crippen molar-refractivity contribution in [3.63, 3.8) is 0 Å². The molecule has 3 heteroatoms. The maximum Gasteiger partial charge on any atom is 0.122 e. The van der Waals surface area contributed by atoms with Crippen LogP contribution < -0.4 is 0 Å². The highest BCUT2D eigenvalue weighted by Gasteiger charge is 2.15. The van der Waals surface area contributed by atoms with Gasteiger partial charge in [0.1, 0.15) is 17.2 Å². The molecule has 0 aromatic heterocycles. The summed E-state index contributed by atoms with van der Waals surface area (Å²) in [4.78, 5) is 0. The minimum Gasteiger partial charge on any atom is -0.508 e. The van der Waals surface area contributed by atoms with Crippen LogP contribution >= 0.6 is 0 Å². The lowest BCUT2D eigenvalue weighted by atomic mass is 9.93. The van der Waals surface area contributed by atoms with Crippen LogP contribution in [0.5, 0.6) is 17.2 Å². The minimum absolute atomic E-state index is 0.196. The number of rotatable bonds is 4. The van der Waals surface area contributed by atoms with Crippen LogP contribution in [0.2, 0.25) is 0 Å². The summed E-state index contributed by atoms with van der Waals surface area (Å²) >= 11 is 0. The molecule has 5 rings (SSSR count). The summed E-state index contributed by atoms with van der Waals surface area (Å²) in [6, 6.07) is 28.7. The Labute approximate surface area is 180 Å². The highest BCUT2D eigenvalue weighted by atomic mass is 16.3. The van der Waals surface area contributed by atoms with E-state index in [0.717, 1.165) is 43.8 Å². The lowest BCUT2D eigenvalue weighted by Gasteiger charge is -2.14. The number of fused-ring (bicyclic) bond motifs is 2. The lowest BCUT2D eigenvalue weighted by molar-refractivity contribution is 0.457. The Kier molecular flexibility index (Phi) is 4.72. The van der Waals surface area contributed by atoms with E-state index in [1.54, 1.807) is 12.1 Å². The fourth-order valence-electron chi connectivity index (χ4n) is 4.33. The Bertz CT molecular complexity index is 1310. The van der Waals surface area contributed by atoms with Gasteiger partial charge in [-0.3, -0.25) is 0 Å². The van der Waals surface area contributed by atoms with Crippen LogP contribution in [0.4, 0.5) is 0 Å². The van der Waals surface area contributed by atoms with E-state index < -0.39 is 0 Å². The fourth-order valence-corrected chi connectivity index (χ4v) is 4.33. The van der Waals surface area contributed by atoms with Gasteiger partial charge in [0.25, 0.3) is 0 Å². The normalized spacial score (nSPS) is 11.2. The predicted octanol–water partition coefficient (Wildman–Crippen LogP) is 6.29. The van der Waals surface area contributed by atoms with Gasteiger partial charge in [0.15, 0.2) is 0 Å². The van der Waals surface area contributed by atoms with Crippen LogP contribution in [0.1, 0.15) is 22.3 Å². The summed E-state index contributed by atoms with van der Waals surface area (Å²) in [5, 5.41) is 36.1. The standard InChI is InChI=1S/C28H22O3/c29-26-14-12-18-6-1-3-10-22(18)24(26)16-20-8-5-9-21(28(20)31)17-25-23-11-4-2-7-19(23)13-15-27(25)30/h1-15,29-31H,16-17H2. The van der Waals surface area contributed by atoms with Crippen molar-refractivity contribution in [1.82, 2.24) is 0 Å². The molecule has 3 nitrogen and oxygen atoms in total. The molecule has 3 N–H and O–H groups in total. The zero-order valence-corrected chi connectivity index (χ0v) is 16.9.